The molecule has 5 heteroatoms. The molecule has 0 bridgehead atoms. The Morgan fingerprint density at radius 1 is 1.43 bits per heavy atom. The van der Waals surface area contributed by atoms with E-state index in [0.717, 1.165) is 48.0 Å². The van der Waals surface area contributed by atoms with Gasteiger partial charge in [-0.05, 0) is 37.5 Å². The van der Waals surface area contributed by atoms with Gasteiger partial charge in [-0.3, -0.25) is 9.69 Å². The van der Waals surface area contributed by atoms with Gasteiger partial charge in [0.1, 0.15) is 11.9 Å². The molecule has 21 heavy (non-hydrogen) atoms. The molecule has 2 unspecified atom stereocenters. The molecule has 1 aromatic rings. The van der Waals surface area contributed by atoms with Crippen LogP contribution in [0.4, 0.5) is 0 Å². The van der Waals surface area contributed by atoms with Crippen LogP contribution in [0.5, 0.6) is 5.75 Å². The van der Waals surface area contributed by atoms with E-state index in [0.29, 0.717) is 6.61 Å². The van der Waals surface area contributed by atoms with E-state index in [-0.39, 0.29) is 18.1 Å². The van der Waals surface area contributed by atoms with Gasteiger partial charge in [-0.15, -0.1) is 0 Å². The Morgan fingerprint density at radius 3 is 3.10 bits per heavy atom. The number of piperidine rings is 1. The summed E-state index contributed by atoms with van der Waals surface area (Å²) in [6, 6.07) is 6.06. The second kappa shape index (κ2) is 6.36. The highest BCUT2D eigenvalue weighted by Gasteiger charge is 2.42. The lowest BCUT2D eigenvalue weighted by atomic mass is 10.0. The quantitative estimate of drug-likeness (QED) is 0.904. The fraction of sp³-hybridized carbons (Fsp3) is 0.562. The Kier molecular flexibility index (Phi) is 4.50. The zero-order valence-electron chi connectivity index (χ0n) is 12.3. The molecule has 2 aliphatic rings. The van der Waals surface area contributed by atoms with Crippen molar-refractivity contribution in [1.29, 1.82) is 0 Å². The molecular weight excluding hydrogens is 332 g/mol. The first-order chi connectivity index (χ1) is 10.2. The molecule has 0 aliphatic carbocycles. The number of rotatable bonds is 4. The Hall–Kier alpha value is -1.07. The average Bonchev–Trinajstić information content (AvgIpc) is 2.84. The van der Waals surface area contributed by atoms with E-state index >= 15 is 0 Å². The van der Waals surface area contributed by atoms with E-state index < -0.39 is 0 Å². The van der Waals surface area contributed by atoms with Gasteiger partial charge in [-0.25, -0.2) is 0 Å². The summed E-state index contributed by atoms with van der Waals surface area (Å²) in [7, 11) is 0. The number of nitrogens with one attached hydrogen (secondary N) is 1. The summed E-state index contributed by atoms with van der Waals surface area (Å²) >= 11 is 3.53. The summed E-state index contributed by atoms with van der Waals surface area (Å²) in [5.74, 6) is 1.03. The minimum atomic E-state index is -0.0628. The standard InChI is InChI=1S/C16H21BrN2O2/c1-2-9-21-14-7-6-11(17)10-12(14)15-18-16(20)13-5-3-4-8-19(13)15/h6-7,10,13,15H,2-5,8-9H2,1H3,(H,18,20). The number of hydrogen-bond acceptors (Lipinski definition) is 3. The van der Waals surface area contributed by atoms with Gasteiger partial charge in [0, 0.05) is 16.6 Å². The van der Waals surface area contributed by atoms with Gasteiger partial charge in [-0.1, -0.05) is 29.3 Å². The van der Waals surface area contributed by atoms with E-state index in [1.807, 2.05) is 12.1 Å². The molecule has 1 N–H and O–H groups in total. The van der Waals surface area contributed by atoms with Crippen molar-refractivity contribution in [3.63, 3.8) is 0 Å². The van der Waals surface area contributed by atoms with E-state index in [4.69, 9.17) is 4.74 Å². The van der Waals surface area contributed by atoms with Crippen LogP contribution in [0.25, 0.3) is 0 Å². The molecule has 0 spiro atoms. The lowest BCUT2D eigenvalue weighted by molar-refractivity contribution is -0.122. The molecule has 2 aliphatic heterocycles. The number of fused-ring (bicyclic) bond motifs is 1. The predicted molar refractivity (Wildman–Crippen MR) is 85.2 cm³/mol. The number of nitrogens with zero attached hydrogens (tertiary/aromatic N) is 1. The van der Waals surface area contributed by atoms with Crippen LogP contribution in [0, 0.1) is 0 Å². The van der Waals surface area contributed by atoms with Crippen molar-refractivity contribution in [2.45, 2.75) is 44.8 Å². The van der Waals surface area contributed by atoms with Gasteiger partial charge in [-0.2, -0.15) is 0 Å². The van der Waals surface area contributed by atoms with Crippen LogP contribution < -0.4 is 10.1 Å². The Bertz CT molecular complexity index is 535. The molecule has 2 saturated heterocycles. The minimum absolute atomic E-state index is 0.0294. The highest BCUT2D eigenvalue weighted by atomic mass is 79.9. The van der Waals surface area contributed by atoms with E-state index in [2.05, 4.69) is 39.1 Å². The Labute approximate surface area is 134 Å². The summed E-state index contributed by atoms with van der Waals surface area (Å²) in [4.78, 5) is 14.5. The lowest BCUT2D eigenvalue weighted by Gasteiger charge is -2.32. The zero-order valence-corrected chi connectivity index (χ0v) is 13.9. The third-order valence-electron chi connectivity index (χ3n) is 4.19. The van der Waals surface area contributed by atoms with Gasteiger partial charge >= 0.3 is 0 Å². The Balaban J connectivity index is 1.91. The molecule has 1 amide bonds. The first-order valence-corrected chi connectivity index (χ1v) is 8.48. The van der Waals surface area contributed by atoms with Crippen molar-refractivity contribution < 1.29 is 9.53 Å². The number of benzene rings is 1. The maximum atomic E-state index is 12.2. The molecule has 0 saturated carbocycles. The molecule has 0 aromatic heterocycles. The monoisotopic (exact) mass is 352 g/mol. The topological polar surface area (TPSA) is 41.6 Å². The van der Waals surface area contributed by atoms with Crippen LogP contribution in [0.2, 0.25) is 0 Å². The van der Waals surface area contributed by atoms with Crippen LogP contribution in [0.3, 0.4) is 0 Å². The third kappa shape index (κ3) is 2.94. The van der Waals surface area contributed by atoms with Crippen molar-refractivity contribution >= 4 is 21.8 Å². The van der Waals surface area contributed by atoms with Gasteiger partial charge in [0.25, 0.3) is 0 Å². The number of halogens is 1. The smallest absolute Gasteiger partial charge is 0.238 e. The van der Waals surface area contributed by atoms with Crippen LogP contribution in [-0.2, 0) is 4.79 Å². The average molecular weight is 353 g/mol. The molecule has 1 aromatic carbocycles. The molecule has 2 atom stereocenters. The summed E-state index contributed by atoms with van der Waals surface area (Å²) in [6.45, 7) is 3.75. The van der Waals surface area contributed by atoms with Crippen LogP contribution in [0.15, 0.2) is 22.7 Å². The summed E-state index contributed by atoms with van der Waals surface area (Å²) in [5.41, 5.74) is 1.05. The fourth-order valence-corrected chi connectivity index (χ4v) is 3.57. The fourth-order valence-electron chi connectivity index (χ4n) is 3.19. The predicted octanol–water partition coefficient (Wildman–Crippen LogP) is 3.22. The maximum absolute atomic E-state index is 12.2. The van der Waals surface area contributed by atoms with Crippen LogP contribution in [0.1, 0.15) is 44.3 Å². The largest absolute Gasteiger partial charge is 0.493 e. The SMILES string of the molecule is CCCOc1ccc(Br)cc1C1NC(=O)C2CCCCN21. The number of carbonyl (C=O) groups is 1. The third-order valence-corrected chi connectivity index (χ3v) is 4.68. The minimum Gasteiger partial charge on any atom is -0.493 e. The Morgan fingerprint density at radius 2 is 2.29 bits per heavy atom. The first kappa shape index (κ1) is 14.9. The molecule has 3 rings (SSSR count). The zero-order chi connectivity index (χ0) is 14.8. The second-order valence-electron chi connectivity index (χ2n) is 5.69. The van der Waals surface area contributed by atoms with Crippen molar-refractivity contribution in [3.8, 4) is 5.75 Å². The summed E-state index contributed by atoms with van der Waals surface area (Å²) < 4.78 is 6.88. The van der Waals surface area contributed by atoms with Gasteiger partial charge in [0.2, 0.25) is 5.91 Å². The van der Waals surface area contributed by atoms with Crippen molar-refractivity contribution in [2.75, 3.05) is 13.2 Å². The van der Waals surface area contributed by atoms with Crippen LogP contribution >= 0.6 is 15.9 Å². The molecule has 2 heterocycles. The number of amides is 1. The normalized spacial score (nSPS) is 25.5. The highest BCUT2D eigenvalue weighted by Crippen LogP contribution is 2.37. The van der Waals surface area contributed by atoms with Gasteiger partial charge in [0.05, 0.1) is 12.6 Å². The maximum Gasteiger partial charge on any atom is 0.238 e. The van der Waals surface area contributed by atoms with Crippen molar-refractivity contribution in [2.24, 2.45) is 0 Å². The number of carbonyl (C=O) groups excluding carboxylic acids is 1. The number of hydrogen-bond donors (Lipinski definition) is 1. The number of ether oxygens (including phenoxy) is 1. The van der Waals surface area contributed by atoms with Gasteiger partial charge < -0.3 is 10.1 Å². The molecule has 114 valence electrons. The van der Waals surface area contributed by atoms with E-state index in [1.165, 1.54) is 0 Å². The summed E-state index contributed by atoms with van der Waals surface area (Å²) in [6.07, 6.45) is 4.16. The summed E-state index contributed by atoms with van der Waals surface area (Å²) in [5, 5.41) is 3.14. The van der Waals surface area contributed by atoms with Gasteiger partial charge in [0.15, 0.2) is 0 Å². The van der Waals surface area contributed by atoms with E-state index in [1.54, 1.807) is 0 Å². The van der Waals surface area contributed by atoms with E-state index in [9.17, 15) is 4.79 Å². The molecule has 4 nitrogen and oxygen atoms in total. The molecular formula is C16H21BrN2O2. The van der Waals surface area contributed by atoms with Crippen molar-refractivity contribution in [1.82, 2.24) is 10.2 Å². The van der Waals surface area contributed by atoms with Crippen LogP contribution in [-0.4, -0.2) is 30.0 Å². The highest BCUT2D eigenvalue weighted by molar-refractivity contribution is 9.10. The molecule has 0 radical (unpaired) electrons. The lowest BCUT2D eigenvalue weighted by Crippen LogP contribution is -2.38. The first-order valence-electron chi connectivity index (χ1n) is 7.69. The second-order valence-corrected chi connectivity index (χ2v) is 6.61. The molecule has 2 fully saturated rings. The van der Waals surface area contributed by atoms with Crippen molar-refractivity contribution in [3.05, 3.63) is 28.2 Å².